The van der Waals surface area contributed by atoms with Crippen LogP contribution in [0.3, 0.4) is 0 Å². The fourth-order valence-corrected chi connectivity index (χ4v) is 2.95. The van der Waals surface area contributed by atoms with E-state index in [2.05, 4.69) is 17.6 Å². The number of fused-ring (bicyclic) bond motifs is 2. The largest absolute Gasteiger partial charge is 0.492 e. The maximum Gasteiger partial charge on any atom is 0.237 e. The Kier molecular flexibility index (Phi) is 3.50. The monoisotopic (exact) mass is 309 g/mol. The van der Waals surface area contributed by atoms with Crippen LogP contribution in [0.1, 0.15) is 5.56 Å². The number of aryl methyl sites for hydroxylation is 1. The summed E-state index contributed by atoms with van der Waals surface area (Å²) in [5.41, 5.74) is 7.15. The average Bonchev–Trinajstić information content (AvgIpc) is 2.87. The number of aliphatic hydroxyl groups excluding tert-OH is 1. The fourth-order valence-electron chi connectivity index (χ4n) is 2.95. The summed E-state index contributed by atoms with van der Waals surface area (Å²) in [4.78, 5) is 1.95. The van der Waals surface area contributed by atoms with Crippen molar-refractivity contribution in [1.82, 2.24) is 10.3 Å². The van der Waals surface area contributed by atoms with E-state index in [0.717, 1.165) is 27.5 Å². The molecule has 23 heavy (non-hydrogen) atoms. The van der Waals surface area contributed by atoms with E-state index in [1.807, 2.05) is 61.5 Å². The molecule has 4 rings (SSSR count). The highest BCUT2D eigenvalue weighted by Gasteiger charge is 2.31. The minimum absolute atomic E-state index is 0. The predicted molar refractivity (Wildman–Crippen MR) is 91.4 cm³/mol. The SMILES string of the molecule is Cc1ccc(N2NC3=c4ccccc4=CN(C)C3=C2O)cc1.O. The van der Waals surface area contributed by atoms with Crippen molar-refractivity contribution in [2.75, 3.05) is 12.1 Å². The number of likely N-dealkylation sites (N-methyl/N-ethyl adjacent to an activating group) is 1. The van der Waals surface area contributed by atoms with E-state index in [9.17, 15) is 5.11 Å². The number of anilines is 1. The van der Waals surface area contributed by atoms with Crippen LogP contribution in [0.25, 0.3) is 11.9 Å². The fraction of sp³-hybridized carbons (Fsp3) is 0.111. The van der Waals surface area contributed by atoms with Crippen molar-refractivity contribution in [2.24, 2.45) is 0 Å². The Morgan fingerprint density at radius 2 is 1.70 bits per heavy atom. The van der Waals surface area contributed by atoms with Crippen LogP contribution in [0.4, 0.5) is 5.69 Å². The van der Waals surface area contributed by atoms with E-state index in [1.54, 1.807) is 5.01 Å². The minimum atomic E-state index is 0. The molecule has 2 aliphatic heterocycles. The molecule has 0 saturated heterocycles. The van der Waals surface area contributed by atoms with Gasteiger partial charge in [0.05, 0.1) is 11.4 Å². The van der Waals surface area contributed by atoms with E-state index < -0.39 is 0 Å². The van der Waals surface area contributed by atoms with E-state index >= 15 is 0 Å². The molecule has 0 bridgehead atoms. The molecule has 0 unspecified atom stereocenters. The van der Waals surface area contributed by atoms with Crippen molar-refractivity contribution in [3.8, 4) is 0 Å². The molecule has 0 fully saturated rings. The predicted octanol–water partition coefficient (Wildman–Crippen LogP) is 0.714. The highest BCUT2D eigenvalue weighted by atomic mass is 16.3. The molecule has 0 amide bonds. The van der Waals surface area contributed by atoms with Gasteiger partial charge in [0.2, 0.25) is 5.88 Å². The summed E-state index contributed by atoms with van der Waals surface area (Å²) in [6.45, 7) is 2.05. The van der Waals surface area contributed by atoms with Gasteiger partial charge in [0.1, 0.15) is 5.70 Å². The van der Waals surface area contributed by atoms with Gasteiger partial charge in [-0.05, 0) is 19.1 Å². The molecular formula is C18H19N3O2. The van der Waals surface area contributed by atoms with Gasteiger partial charge in [0.25, 0.3) is 0 Å². The van der Waals surface area contributed by atoms with Crippen molar-refractivity contribution in [3.63, 3.8) is 0 Å². The van der Waals surface area contributed by atoms with Gasteiger partial charge in [-0.2, -0.15) is 0 Å². The topological polar surface area (TPSA) is 70.2 Å². The number of hydrogen-bond donors (Lipinski definition) is 2. The van der Waals surface area contributed by atoms with E-state index in [0.29, 0.717) is 0 Å². The van der Waals surface area contributed by atoms with Gasteiger partial charge in [-0.15, -0.1) is 0 Å². The zero-order valence-electron chi connectivity index (χ0n) is 13.0. The molecule has 2 aromatic rings. The number of hydrazine groups is 1. The molecule has 0 aromatic heterocycles. The number of nitrogens with one attached hydrogen (secondary N) is 1. The summed E-state index contributed by atoms with van der Waals surface area (Å²) < 4.78 is 0. The molecule has 0 spiro atoms. The Balaban J connectivity index is 0.00000156. The van der Waals surface area contributed by atoms with Crippen LogP contribution >= 0.6 is 0 Å². The normalized spacial score (nSPS) is 15.5. The van der Waals surface area contributed by atoms with E-state index in [-0.39, 0.29) is 11.4 Å². The van der Waals surface area contributed by atoms with Crippen molar-refractivity contribution in [1.29, 1.82) is 0 Å². The third-order valence-electron chi connectivity index (χ3n) is 4.09. The van der Waals surface area contributed by atoms with Crippen molar-refractivity contribution < 1.29 is 10.6 Å². The van der Waals surface area contributed by atoms with Crippen LogP contribution in [-0.2, 0) is 0 Å². The smallest absolute Gasteiger partial charge is 0.237 e. The maximum atomic E-state index is 10.7. The highest BCUT2D eigenvalue weighted by molar-refractivity contribution is 5.75. The summed E-state index contributed by atoms with van der Waals surface area (Å²) in [6, 6.07) is 16.2. The van der Waals surface area contributed by atoms with Crippen molar-refractivity contribution in [3.05, 3.63) is 76.1 Å². The molecular weight excluding hydrogens is 290 g/mol. The first-order valence-electron chi connectivity index (χ1n) is 7.26. The lowest BCUT2D eigenvalue weighted by Crippen LogP contribution is -2.40. The van der Waals surface area contributed by atoms with Gasteiger partial charge >= 0.3 is 0 Å². The second-order valence-electron chi connectivity index (χ2n) is 5.66. The average molecular weight is 309 g/mol. The van der Waals surface area contributed by atoms with Crippen molar-refractivity contribution >= 4 is 17.6 Å². The molecule has 5 nitrogen and oxygen atoms in total. The second-order valence-corrected chi connectivity index (χ2v) is 5.66. The number of rotatable bonds is 1. The minimum Gasteiger partial charge on any atom is -0.492 e. The van der Waals surface area contributed by atoms with Gasteiger partial charge in [0.15, 0.2) is 0 Å². The lowest BCUT2D eigenvalue weighted by atomic mass is 10.1. The zero-order chi connectivity index (χ0) is 15.3. The quantitative estimate of drug-likeness (QED) is 0.814. The number of hydrogen-bond acceptors (Lipinski definition) is 4. The Hall–Kier alpha value is -2.92. The van der Waals surface area contributed by atoms with Crippen LogP contribution in [0, 0.1) is 6.92 Å². The van der Waals surface area contributed by atoms with Gasteiger partial charge in [0, 0.05) is 23.7 Å². The van der Waals surface area contributed by atoms with Gasteiger partial charge < -0.3 is 15.5 Å². The molecule has 4 N–H and O–H groups in total. The van der Waals surface area contributed by atoms with E-state index in [1.165, 1.54) is 5.56 Å². The third-order valence-corrected chi connectivity index (χ3v) is 4.09. The standard InChI is InChI=1S/C18H17N3O.H2O/c1-12-7-9-14(10-8-12)21-18(22)17-16(19-21)15-6-4-3-5-13(15)11-20(17)2;/h3-11,19,22H,1-2H3;1H2. The number of aliphatic hydroxyl groups is 1. The van der Waals surface area contributed by atoms with Gasteiger partial charge in [-0.1, -0.05) is 42.0 Å². The number of benzene rings is 2. The van der Waals surface area contributed by atoms with Gasteiger partial charge in [-0.25, -0.2) is 5.01 Å². The van der Waals surface area contributed by atoms with Gasteiger partial charge in [-0.3, -0.25) is 5.43 Å². The molecule has 2 aliphatic rings. The molecule has 0 aliphatic carbocycles. The summed E-state index contributed by atoms with van der Waals surface area (Å²) in [6.07, 6.45) is 2.03. The van der Waals surface area contributed by atoms with Crippen LogP contribution in [0.2, 0.25) is 0 Å². The molecule has 2 heterocycles. The Labute approximate surface area is 134 Å². The summed E-state index contributed by atoms with van der Waals surface area (Å²) in [5, 5.41) is 14.6. The molecule has 118 valence electrons. The first kappa shape index (κ1) is 15.0. The lowest BCUT2D eigenvalue weighted by Gasteiger charge is -2.20. The molecule has 5 heteroatoms. The van der Waals surface area contributed by atoms with Crippen LogP contribution in [-0.4, -0.2) is 22.5 Å². The summed E-state index contributed by atoms with van der Waals surface area (Å²) in [7, 11) is 1.95. The molecule has 2 aromatic carbocycles. The number of nitrogens with zero attached hydrogens (tertiary/aromatic N) is 2. The van der Waals surface area contributed by atoms with E-state index in [4.69, 9.17) is 0 Å². The van der Waals surface area contributed by atoms with Crippen LogP contribution in [0.15, 0.2) is 60.1 Å². The summed E-state index contributed by atoms with van der Waals surface area (Å²) in [5.74, 6) is 0.215. The first-order chi connectivity index (χ1) is 10.6. The van der Waals surface area contributed by atoms with Crippen molar-refractivity contribution in [2.45, 2.75) is 6.92 Å². The first-order valence-corrected chi connectivity index (χ1v) is 7.26. The van der Waals surface area contributed by atoms with Crippen LogP contribution in [0.5, 0.6) is 0 Å². The third kappa shape index (κ3) is 2.22. The Bertz CT molecular complexity index is 901. The summed E-state index contributed by atoms with van der Waals surface area (Å²) >= 11 is 0. The second kappa shape index (κ2) is 5.37. The maximum absolute atomic E-state index is 10.7. The lowest BCUT2D eigenvalue weighted by molar-refractivity contribution is 0.376. The van der Waals surface area contributed by atoms with Crippen LogP contribution < -0.4 is 20.9 Å². The Morgan fingerprint density at radius 3 is 2.43 bits per heavy atom. The molecule has 0 saturated carbocycles. The molecule has 0 radical (unpaired) electrons. The highest BCUT2D eigenvalue weighted by Crippen LogP contribution is 2.30. The Morgan fingerprint density at radius 1 is 1.00 bits per heavy atom. The molecule has 0 atom stereocenters. The zero-order valence-corrected chi connectivity index (χ0v) is 13.0.